The molecule has 0 bridgehead atoms. The number of phenols is 1. The number of rotatable bonds is 4. The molecule has 0 radical (unpaired) electrons. The van der Waals surface area contributed by atoms with E-state index in [9.17, 15) is 5.11 Å². The molecule has 2 rings (SSSR count). The van der Waals surface area contributed by atoms with Crippen molar-refractivity contribution in [1.29, 1.82) is 0 Å². The Kier molecular flexibility index (Phi) is 3.64. The van der Waals surface area contributed by atoms with Gasteiger partial charge in [-0.1, -0.05) is 6.07 Å². The van der Waals surface area contributed by atoms with Crippen LogP contribution in [0.1, 0.15) is 11.1 Å². The highest BCUT2D eigenvalue weighted by molar-refractivity contribution is 9.10. The van der Waals surface area contributed by atoms with Gasteiger partial charge in [0.25, 0.3) is 0 Å². The summed E-state index contributed by atoms with van der Waals surface area (Å²) in [5.74, 6) is 0.263. The monoisotopic (exact) mass is 281 g/mol. The summed E-state index contributed by atoms with van der Waals surface area (Å²) in [6.07, 6.45) is 3.38. The first kappa shape index (κ1) is 11.2. The fourth-order valence-corrected chi connectivity index (χ4v) is 1.83. The molecule has 4 heteroatoms. The molecule has 0 spiro atoms. The Morgan fingerprint density at radius 3 is 2.69 bits per heavy atom. The number of furan rings is 1. The number of halogens is 1. The second-order valence-electron chi connectivity index (χ2n) is 3.52. The highest BCUT2D eigenvalue weighted by Crippen LogP contribution is 2.24. The van der Waals surface area contributed by atoms with Gasteiger partial charge in [-0.15, -0.1) is 0 Å². The first-order valence-corrected chi connectivity index (χ1v) is 5.74. The Labute approximate surface area is 102 Å². The summed E-state index contributed by atoms with van der Waals surface area (Å²) in [5.41, 5.74) is 2.24. The SMILES string of the molecule is Oc1ccc(CNCc2ccoc2)cc1Br. The molecule has 16 heavy (non-hydrogen) atoms. The van der Waals surface area contributed by atoms with Gasteiger partial charge in [0.2, 0.25) is 0 Å². The van der Waals surface area contributed by atoms with Crippen molar-refractivity contribution in [2.45, 2.75) is 13.1 Å². The summed E-state index contributed by atoms with van der Waals surface area (Å²) in [6.45, 7) is 1.53. The largest absolute Gasteiger partial charge is 0.507 e. The van der Waals surface area contributed by atoms with E-state index >= 15 is 0 Å². The molecule has 2 N–H and O–H groups in total. The molecule has 0 aliphatic carbocycles. The number of benzene rings is 1. The minimum absolute atomic E-state index is 0.263. The number of hydrogen-bond donors (Lipinski definition) is 2. The van der Waals surface area contributed by atoms with Gasteiger partial charge in [-0.25, -0.2) is 0 Å². The van der Waals surface area contributed by atoms with E-state index in [-0.39, 0.29) is 5.75 Å². The van der Waals surface area contributed by atoms with Crippen LogP contribution in [0.2, 0.25) is 0 Å². The third-order valence-corrected chi connectivity index (χ3v) is 2.89. The summed E-state index contributed by atoms with van der Waals surface area (Å²) >= 11 is 3.28. The van der Waals surface area contributed by atoms with Crippen LogP contribution in [0.15, 0.2) is 45.7 Å². The molecule has 0 unspecified atom stereocenters. The lowest BCUT2D eigenvalue weighted by atomic mass is 10.2. The predicted octanol–water partition coefficient (Wildman–Crippen LogP) is 3.04. The van der Waals surface area contributed by atoms with E-state index in [2.05, 4.69) is 21.2 Å². The zero-order valence-electron chi connectivity index (χ0n) is 8.61. The minimum Gasteiger partial charge on any atom is -0.507 e. The minimum atomic E-state index is 0.263. The zero-order valence-corrected chi connectivity index (χ0v) is 10.2. The van der Waals surface area contributed by atoms with Crippen LogP contribution >= 0.6 is 15.9 Å². The van der Waals surface area contributed by atoms with Crippen LogP contribution in [0.3, 0.4) is 0 Å². The third-order valence-electron chi connectivity index (χ3n) is 2.25. The molecule has 0 amide bonds. The van der Waals surface area contributed by atoms with Crippen molar-refractivity contribution in [2.24, 2.45) is 0 Å². The number of phenolic OH excluding ortho intramolecular Hbond substituents is 1. The highest BCUT2D eigenvalue weighted by atomic mass is 79.9. The Morgan fingerprint density at radius 1 is 1.19 bits per heavy atom. The van der Waals surface area contributed by atoms with Crippen LogP contribution in [0.5, 0.6) is 5.75 Å². The van der Waals surface area contributed by atoms with E-state index in [0.29, 0.717) is 0 Å². The second-order valence-corrected chi connectivity index (χ2v) is 4.38. The molecule has 0 aliphatic rings. The predicted molar refractivity (Wildman–Crippen MR) is 65.1 cm³/mol. The summed E-state index contributed by atoms with van der Waals surface area (Å²) < 4.78 is 5.69. The summed E-state index contributed by atoms with van der Waals surface area (Å²) in [5, 5.41) is 12.6. The maximum absolute atomic E-state index is 9.34. The van der Waals surface area contributed by atoms with Gasteiger partial charge < -0.3 is 14.8 Å². The van der Waals surface area contributed by atoms with Gasteiger partial charge in [0.05, 0.1) is 17.0 Å². The fraction of sp³-hybridized carbons (Fsp3) is 0.167. The van der Waals surface area contributed by atoms with E-state index in [0.717, 1.165) is 28.7 Å². The lowest BCUT2D eigenvalue weighted by Gasteiger charge is -2.04. The molecule has 2 aromatic rings. The molecule has 0 atom stereocenters. The average molecular weight is 282 g/mol. The molecule has 1 aromatic heterocycles. The fourth-order valence-electron chi connectivity index (χ4n) is 1.40. The first-order chi connectivity index (χ1) is 7.75. The lowest BCUT2D eigenvalue weighted by molar-refractivity contribution is 0.471. The quantitative estimate of drug-likeness (QED) is 0.906. The third kappa shape index (κ3) is 2.87. The number of hydrogen-bond acceptors (Lipinski definition) is 3. The summed E-state index contributed by atoms with van der Waals surface area (Å²) in [6, 6.07) is 7.40. The number of nitrogens with one attached hydrogen (secondary N) is 1. The van der Waals surface area contributed by atoms with Crippen molar-refractivity contribution in [2.75, 3.05) is 0 Å². The Bertz CT molecular complexity index is 454. The smallest absolute Gasteiger partial charge is 0.129 e. The van der Waals surface area contributed by atoms with Crippen LogP contribution in [-0.4, -0.2) is 5.11 Å². The molecule has 84 valence electrons. The summed E-state index contributed by atoms with van der Waals surface area (Å²) in [7, 11) is 0. The second kappa shape index (κ2) is 5.18. The Balaban J connectivity index is 1.87. The molecule has 0 aliphatic heterocycles. The van der Waals surface area contributed by atoms with Crippen LogP contribution < -0.4 is 5.32 Å². The van der Waals surface area contributed by atoms with Gasteiger partial charge in [-0.3, -0.25) is 0 Å². The van der Waals surface area contributed by atoms with Gasteiger partial charge >= 0.3 is 0 Å². The Hall–Kier alpha value is -1.26. The first-order valence-electron chi connectivity index (χ1n) is 4.95. The highest BCUT2D eigenvalue weighted by Gasteiger charge is 1.99. The van der Waals surface area contributed by atoms with E-state index < -0.39 is 0 Å². The van der Waals surface area contributed by atoms with Gasteiger partial charge in [0.1, 0.15) is 5.75 Å². The van der Waals surface area contributed by atoms with Crippen molar-refractivity contribution < 1.29 is 9.52 Å². The van der Waals surface area contributed by atoms with Crippen LogP contribution in [0.25, 0.3) is 0 Å². The topological polar surface area (TPSA) is 45.4 Å². The molecule has 0 fully saturated rings. The van der Waals surface area contributed by atoms with Crippen LogP contribution in [-0.2, 0) is 13.1 Å². The molecular formula is C12H12BrNO2. The average Bonchev–Trinajstić information content (AvgIpc) is 2.76. The molecule has 0 saturated carbocycles. The van der Waals surface area contributed by atoms with Crippen LogP contribution in [0.4, 0.5) is 0 Å². The molecule has 1 heterocycles. The summed E-state index contributed by atoms with van der Waals surface area (Å²) in [4.78, 5) is 0. The Morgan fingerprint density at radius 2 is 2.00 bits per heavy atom. The maximum Gasteiger partial charge on any atom is 0.129 e. The zero-order chi connectivity index (χ0) is 11.4. The van der Waals surface area contributed by atoms with E-state index in [1.54, 1.807) is 18.6 Å². The standard InChI is InChI=1S/C12H12BrNO2/c13-11-5-9(1-2-12(11)15)6-14-7-10-3-4-16-8-10/h1-5,8,14-15H,6-7H2. The number of aromatic hydroxyl groups is 1. The van der Waals surface area contributed by atoms with E-state index in [1.807, 2.05) is 18.2 Å². The van der Waals surface area contributed by atoms with E-state index in [1.165, 1.54) is 0 Å². The van der Waals surface area contributed by atoms with Crippen molar-refractivity contribution in [1.82, 2.24) is 5.32 Å². The van der Waals surface area contributed by atoms with Crippen molar-refractivity contribution in [3.63, 3.8) is 0 Å². The van der Waals surface area contributed by atoms with Crippen molar-refractivity contribution in [3.8, 4) is 5.75 Å². The molecular weight excluding hydrogens is 270 g/mol. The van der Waals surface area contributed by atoms with E-state index in [4.69, 9.17) is 4.42 Å². The van der Waals surface area contributed by atoms with Crippen molar-refractivity contribution in [3.05, 3.63) is 52.4 Å². The van der Waals surface area contributed by atoms with Gasteiger partial charge in [-0.2, -0.15) is 0 Å². The molecule has 1 aromatic carbocycles. The molecule has 0 saturated heterocycles. The molecule has 3 nitrogen and oxygen atoms in total. The normalized spacial score (nSPS) is 10.6. The van der Waals surface area contributed by atoms with Gasteiger partial charge in [-0.05, 0) is 39.7 Å². The van der Waals surface area contributed by atoms with Crippen LogP contribution in [0, 0.1) is 0 Å². The maximum atomic E-state index is 9.34. The van der Waals surface area contributed by atoms with Crippen molar-refractivity contribution >= 4 is 15.9 Å². The lowest BCUT2D eigenvalue weighted by Crippen LogP contribution is -2.11. The van der Waals surface area contributed by atoms with Gasteiger partial charge in [0, 0.05) is 18.7 Å². The van der Waals surface area contributed by atoms with Gasteiger partial charge in [0.15, 0.2) is 0 Å².